The van der Waals surface area contributed by atoms with Gasteiger partial charge in [0, 0.05) is 28.6 Å². The van der Waals surface area contributed by atoms with Crippen LogP contribution in [-0.2, 0) is 9.53 Å². The number of non-ortho nitro benzene ring substituents is 1. The summed E-state index contributed by atoms with van der Waals surface area (Å²) in [4.78, 5) is 50.8. The number of aromatic nitrogens is 1. The van der Waals surface area contributed by atoms with Crippen LogP contribution in [0.15, 0.2) is 78.9 Å². The van der Waals surface area contributed by atoms with Crippen LogP contribution in [0.3, 0.4) is 0 Å². The number of benzene rings is 3. The van der Waals surface area contributed by atoms with E-state index < -0.39 is 35.7 Å². The normalized spacial score (nSPS) is 10.6. The summed E-state index contributed by atoms with van der Waals surface area (Å²) in [5, 5.41) is 13.9. The predicted octanol–water partition coefficient (Wildman–Crippen LogP) is 3.90. The third kappa shape index (κ3) is 4.83. The molecule has 0 radical (unpaired) electrons. The molecular formula is C25H19N3O6. The molecule has 1 heterocycles. The predicted molar refractivity (Wildman–Crippen MR) is 124 cm³/mol. The van der Waals surface area contributed by atoms with Crippen molar-refractivity contribution >= 4 is 34.3 Å². The zero-order chi connectivity index (χ0) is 24.1. The third-order valence-electron chi connectivity index (χ3n) is 5.12. The van der Waals surface area contributed by atoms with E-state index in [1.165, 1.54) is 18.2 Å². The second kappa shape index (κ2) is 9.78. The van der Waals surface area contributed by atoms with Crippen LogP contribution in [0.1, 0.15) is 20.7 Å². The van der Waals surface area contributed by atoms with E-state index in [1.54, 1.807) is 0 Å². The van der Waals surface area contributed by atoms with Crippen LogP contribution in [0.2, 0.25) is 0 Å². The van der Waals surface area contributed by atoms with E-state index in [1.807, 2.05) is 54.6 Å². The molecule has 1 amide bonds. The number of nitrogens with one attached hydrogen (secondary N) is 2. The maximum Gasteiger partial charge on any atom is 0.325 e. The number of nitrogens with zero attached hydrogens (tertiary/aromatic N) is 1. The first-order valence-electron chi connectivity index (χ1n) is 10.3. The van der Waals surface area contributed by atoms with Crippen molar-refractivity contribution in [3.63, 3.8) is 0 Å². The molecule has 0 spiro atoms. The number of fused-ring (bicyclic) bond motifs is 1. The van der Waals surface area contributed by atoms with Crippen LogP contribution in [0.25, 0.3) is 22.2 Å². The Balaban J connectivity index is 1.42. The van der Waals surface area contributed by atoms with Gasteiger partial charge in [0.25, 0.3) is 11.6 Å². The quantitative estimate of drug-likeness (QED) is 0.179. The van der Waals surface area contributed by atoms with E-state index in [2.05, 4.69) is 10.3 Å². The number of esters is 1. The number of nitro groups is 1. The number of aromatic amines is 1. The minimum atomic E-state index is -0.812. The summed E-state index contributed by atoms with van der Waals surface area (Å²) in [7, 11) is 0. The molecule has 3 aromatic carbocycles. The Morgan fingerprint density at radius 1 is 0.941 bits per heavy atom. The molecule has 9 heteroatoms. The number of Topliss-reactive ketones (excluding diaryl/α,β-unsaturated/α-hetero) is 1. The Kier molecular flexibility index (Phi) is 6.45. The van der Waals surface area contributed by atoms with Crippen LogP contribution in [0, 0.1) is 10.1 Å². The molecule has 0 fully saturated rings. The molecule has 1 aromatic heterocycles. The summed E-state index contributed by atoms with van der Waals surface area (Å²) in [5.41, 5.74) is 2.42. The number of para-hydroxylation sites is 1. The summed E-state index contributed by atoms with van der Waals surface area (Å²) >= 11 is 0. The lowest BCUT2D eigenvalue weighted by Crippen LogP contribution is -2.31. The van der Waals surface area contributed by atoms with Gasteiger partial charge in [0.15, 0.2) is 6.61 Å². The smallest absolute Gasteiger partial charge is 0.325 e. The lowest BCUT2D eigenvalue weighted by molar-refractivity contribution is -0.384. The molecule has 0 aliphatic heterocycles. The van der Waals surface area contributed by atoms with E-state index in [0.29, 0.717) is 16.6 Å². The van der Waals surface area contributed by atoms with Crippen LogP contribution >= 0.6 is 0 Å². The Morgan fingerprint density at radius 2 is 1.68 bits per heavy atom. The highest BCUT2D eigenvalue weighted by Crippen LogP contribution is 2.30. The largest absolute Gasteiger partial charge is 0.456 e. The topological polar surface area (TPSA) is 131 Å². The zero-order valence-corrected chi connectivity index (χ0v) is 17.8. The maximum absolute atomic E-state index is 13.0. The van der Waals surface area contributed by atoms with Crippen molar-refractivity contribution in [3.05, 3.63) is 100 Å². The minimum absolute atomic E-state index is 0.0318. The third-order valence-corrected chi connectivity index (χ3v) is 5.12. The van der Waals surface area contributed by atoms with Gasteiger partial charge < -0.3 is 15.0 Å². The van der Waals surface area contributed by atoms with Gasteiger partial charge in [0.05, 0.1) is 16.2 Å². The van der Waals surface area contributed by atoms with Crippen LogP contribution in [-0.4, -0.2) is 40.7 Å². The van der Waals surface area contributed by atoms with E-state index in [4.69, 9.17) is 4.74 Å². The molecule has 0 saturated carbocycles. The Hall–Kier alpha value is -4.79. The number of hydrogen-bond donors (Lipinski definition) is 2. The summed E-state index contributed by atoms with van der Waals surface area (Å²) in [5.74, 6) is -1.88. The fraction of sp³-hybridized carbons (Fsp3) is 0.0800. The lowest BCUT2D eigenvalue weighted by Gasteiger charge is -2.08. The highest BCUT2D eigenvalue weighted by Gasteiger charge is 2.21. The molecule has 9 nitrogen and oxygen atoms in total. The van der Waals surface area contributed by atoms with Crippen molar-refractivity contribution in [2.45, 2.75) is 0 Å². The molecule has 0 bridgehead atoms. The van der Waals surface area contributed by atoms with Gasteiger partial charge in [-0.05, 0) is 17.7 Å². The summed E-state index contributed by atoms with van der Waals surface area (Å²) in [6.07, 6.45) is 0. The van der Waals surface area contributed by atoms with Gasteiger partial charge >= 0.3 is 5.97 Å². The van der Waals surface area contributed by atoms with Gasteiger partial charge in [0.1, 0.15) is 6.54 Å². The second-order valence-corrected chi connectivity index (χ2v) is 7.36. The molecule has 0 saturated heterocycles. The van der Waals surface area contributed by atoms with Crippen LogP contribution in [0.5, 0.6) is 0 Å². The van der Waals surface area contributed by atoms with Crippen LogP contribution < -0.4 is 5.32 Å². The Morgan fingerprint density at radius 3 is 2.44 bits per heavy atom. The van der Waals surface area contributed by atoms with Crippen molar-refractivity contribution in [1.82, 2.24) is 10.3 Å². The number of carbonyl (C=O) groups is 3. The first-order valence-corrected chi connectivity index (χ1v) is 10.3. The molecular weight excluding hydrogens is 438 g/mol. The highest BCUT2D eigenvalue weighted by molar-refractivity contribution is 6.14. The van der Waals surface area contributed by atoms with Gasteiger partial charge in [-0.3, -0.25) is 24.5 Å². The van der Waals surface area contributed by atoms with Crippen molar-refractivity contribution < 1.29 is 24.0 Å². The highest BCUT2D eigenvalue weighted by atomic mass is 16.6. The number of rotatable bonds is 8. The van der Waals surface area contributed by atoms with Crippen molar-refractivity contribution in [2.24, 2.45) is 0 Å². The molecule has 0 atom stereocenters. The lowest BCUT2D eigenvalue weighted by atomic mass is 10.0. The fourth-order valence-electron chi connectivity index (χ4n) is 3.54. The number of nitro benzene ring substituents is 1. The number of hydrogen-bond acceptors (Lipinski definition) is 6. The van der Waals surface area contributed by atoms with Crippen molar-refractivity contribution in [2.75, 3.05) is 13.2 Å². The molecule has 170 valence electrons. The van der Waals surface area contributed by atoms with Gasteiger partial charge in [0.2, 0.25) is 5.78 Å². The summed E-state index contributed by atoms with van der Waals surface area (Å²) in [6.45, 7) is -0.999. The molecule has 4 aromatic rings. The van der Waals surface area contributed by atoms with Gasteiger partial charge in [-0.25, -0.2) is 0 Å². The first-order chi connectivity index (χ1) is 16.4. The van der Waals surface area contributed by atoms with E-state index in [0.717, 1.165) is 17.1 Å². The average Bonchev–Trinajstić information content (AvgIpc) is 3.26. The molecule has 0 aliphatic carbocycles. The molecule has 0 unspecified atom stereocenters. The van der Waals surface area contributed by atoms with Crippen molar-refractivity contribution in [1.29, 1.82) is 0 Å². The molecule has 0 aliphatic rings. The van der Waals surface area contributed by atoms with E-state index in [9.17, 15) is 24.5 Å². The average molecular weight is 457 g/mol. The first kappa shape index (κ1) is 22.4. The number of ketones is 1. The SMILES string of the molecule is O=C(CNC(=O)c1cccc([N+](=O)[O-])c1)OCC(=O)c1c(-c2ccccc2)[nH]c2ccccc12. The Bertz CT molecular complexity index is 1390. The second-order valence-electron chi connectivity index (χ2n) is 7.36. The van der Waals surface area contributed by atoms with E-state index >= 15 is 0 Å². The van der Waals surface area contributed by atoms with Crippen molar-refractivity contribution in [3.8, 4) is 11.3 Å². The summed E-state index contributed by atoms with van der Waals surface area (Å²) < 4.78 is 5.09. The number of carbonyl (C=O) groups excluding carboxylic acids is 3. The number of amides is 1. The maximum atomic E-state index is 13.0. The fourth-order valence-corrected chi connectivity index (χ4v) is 3.54. The molecule has 4 rings (SSSR count). The van der Waals surface area contributed by atoms with Gasteiger partial charge in [-0.15, -0.1) is 0 Å². The molecule has 2 N–H and O–H groups in total. The Labute approximate surface area is 193 Å². The monoisotopic (exact) mass is 457 g/mol. The van der Waals surface area contributed by atoms with Crippen LogP contribution in [0.4, 0.5) is 5.69 Å². The summed E-state index contributed by atoms with van der Waals surface area (Å²) in [6, 6.07) is 21.8. The number of ether oxygens (including phenoxy) is 1. The standard InChI is InChI=1S/C25H19N3O6/c29-21(15-34-22(30)14-26-25(31)17-9-6-10-18(13-17)28(32)33)23-19-11-4-5-12-20(19)27-24(23)16-7-2-1-3-8-16/h1-13,27H,14-15H2,(H,26,31). The van der Waals surface area contributed by atoms with Gasteiger partial charge in [-0.2, -0.15) is 0 Å². The van der Waals surface area contributed by atoms with E-state index in [-0.39, 0.29) is 11.3 Å². The molecule has 34 heavy (non-hydrogen) atoms. The zero-order valence-electron chi connectivity index (χ0n) is 17.8. The minimum Gasteiger partial charge on any atom is -0.456 e. The number of H-pyrrole nitrogens is 1. The van der Waals surface area contributed by atoms with Gasteiger partial charge in [-0.1, -0.05) is 54.6 Å².